The molecule has 0 saturated carbocycles. The molecule has 1 saturated heterocycles. The average molecular weight is 306 g/mol. The molecular weight excluding hydrogens is 284 g/mol. The largest absolute Gasteiger partial charge is 0.378 e. The normalized spacial score (nSPS) is 14.8. The summed E-state index contributed by atoms with van der Waals surface area (Å²) in [5.41, 5.74) is 2.35. The summed E-state index contributed by atoms with van der Waals surface area (Å²) in [6.07, 6.45) is 1.81. The van der Waals surface area contributed by atoms with E-state index in [1.54, 1.807) is 11.8 Å². The molecular formula is C16H22N2O2S. The maximum Gasteiger partial charge on any atom is 0.230 e. The summed E-state index contributed by atoms with van der Waals surface area (Å²) in [6, 6.07) is 8.23. The molecule has 0 radical (unpaired) electrons. The number of ether oxygens (including phenoxy) is 1. The second-order valence-electron chi connectivity index (χ2n) is 4.81. The fourth-order valence-corrected chi connectivity index (χ4v) is 2.82. The lowest BCUT2D eigenvalue weighted by Crippen LogP contribution is -2.37. The van der Waals surface area contributed by atoms with E-state index in [1.807, 2.05) is 18.2 Å². The second-order valence-corrected chi connectivity index (χ2v) is 5.84. The van der Waals surface area contributed by atoms with Crippen LogP contribution in [0.3, 0.4) is 0 Å². The molecule has 21 heavy (non-hydrogen) atoms. The van der Waals surface area contributed by atoms with Gasteiger partial charge in [-0.05, 0) is 11.6 Å². The van der Waals surface area contributed by atoms with Crippen molar-refractivity contribution in [3.8, 4) is 0 Å². The lowest BCUT2D eigenvalue weighted by molar-refractivity contribution is -0.118. The van der Waals surface area contributed by atoms with E-state index in [0.29, 0.717) is 12.3 Å². The molecule has 0 unspecified atom stereocenters. The number of carbonyl (C=O) groups is 1. The maximum absolute atomic E-state index is 11.8. The number of anilines is 1. The monoisotopic (exact) mass is 306 g/mol. The van der Waals surface area contributed by atoms with E-state index in [-0.39, 0.29) is 5.91 Å². The van der Waals surface area contributed by atoms with Crippen LogP contribution in [0.4, 0.5) is 5.69 Å². The first-order valence-electron chi connectivity index (χ1n) is 7.17. The molecule has 0 spiro atoms. The van der Waals surface area contributed by atoms with Crippen LogP contribution in [0.1, 0.15) is 5.56 Å². The van der Waals surface area contributed by atoms with Crippen LogP contribution in [0.5, 0.6) is 0 Å². The van der Waals surface area contributed by atoms with Crippen molar-refractivity contribution in [1.82, 2.24) is 5.32 Å². The summed E-state index contributed by atoms with van der Waals surface area (Å²) in [5.74, 6) is 1.35. The van der Waals surface area contributed by atoms with Gasteiger partial charge in [0.05, 0.1) is 19.0 Å². The van der Waals surface area contributed by atoms with Gasteiger partial charge < -0.3 is 15.0 Å². The van der Waals surface area contributed by atoms with Crippen LogP contribution >= 0.6 is 11.8 Å². The Labute approximate surface area is 130 Å². The van der Waals surface area contributed by atoms with Crippen LogP contribution in [0.2, 0.25) is 0 Å². The summed E-state index contributed by atoms with van der Waals surface area (Å²) in [6.45, 7) is 7.55. The summed E-state index contributed by atoms with van der Waals surface area (Å²) < 4.78 is 5.39. The number of hydrogen-bond acceptors (Lipinski definition) is 4. The number of nitrogens with zero attached hydrogens (tertiary/aromatic N) is 1. The molecule has 1 aromatic rings. The summed E-state index contributed by atoms with van der Waals surface area (Å²) >= 11 is 1.57. The van der Waals surface area contributed by atoms with E-state index in [2.05, 4.69) is 28.9 Å². The molecule has 1 N–H and O–H groups in total. The highest BCUT2D eigenvalue weighted by Gasteiger charge is 2.14. The van der Waals surface area contributed by atoms with Crippen molar-refractivity contribution in [3.05, 3.63) is 42.5 Å². The zero-order valence-electron chi connectivity index (χ0n) is 12.2. The highest BCUT2D eigenvalue weighted by atomic mass is 32.2. The van der Waals surface area contributed by atoms with Crippen molar-refractivity contribution in [3.63, 3.8) is 0 Å². The van der Waals surface area contributed by atoms with Gasteiger partial charge in [-0.2, -0.15) is 0 Å². The third-order valence-electron chi connectivity index (χ3n) is 3.29. The van der Waals surface area contributed by atoms with Gasteiger partial charge in [0.15, 0.2) is 0 Å². The number of carbonyl (C=O) groups excluding carboxylic acids is 1. The molecule has 1 heterocycles. The third kappa shape index (κ3) is 5.10. The van der Waals surface area contributed by atoms with Crippen LogP contribution in [-0.4, -0.2) is 43.7 Å². The predicted molar refractivity (Wildman–Crippen MR) is 88.8 cm³/mol. The van der Waals surface area contributed by atoms with Crippen LogP contribution in [-0.2, 0) is 16.1 Å². The van der Waals surface area contributed by atoms with Gasteiger partial charge >= 0.3 is 0 Å². The minimum atomic E-state index is 0.0682. The number of morpholine rings is 1. The van der Waals surface area contributed by atoms with Crippen LogP contribution < -0.4 is 10.2 Å². The Balaban J connectivity index is 1.90. The highest BCUT2D eigenvalue weighted by Crippen LogP contribution is 2.21. The van der Waals surface area contributed by atoms with Crippen molar-refractivity contribution in [2.24, 2.45) is 0 Å². The van der Waals surface area contributed by atoms with Crippen LogP contribution in [0.25, 0.3) is 0 Å². The number of hydrogen-bond donors (Lipinski definition) is 1. The molecule has 1 fully saturated rings. The van der Waals surface area contributed by atoms with Gasteiger partial charge in [0.1, 0.15) is 0 Å². The lowest BCUT2D eigenvalue weighted by atomic mass is 10.1. The molecule has 0 bridgehead atoms. The Morgan fingerprint density at radius 1 is 1.38 bits per heavy atom. The standard InChI is InChI=1S/C16H22N2O2S/c1-2-11-21-13-16(19)17-12-14-5-3-4-6-15(14)18-7-9-20-10-8-18/h2-6H,1,7-13H2,(H,17,19). The number of para-hydroxylation sites is 1. The molecule has 1 amide bonds. The molecule has 1 aromatic carbocycles. The zero-order chi connectivity index (χ0) is 14.9. The minimum Gasteiger partial charge on any atom is -0.378 e. The molecule has 2 rings (SSSR count). The van der Waals surface area contributed by atoms with Crippen molar-refractivity contribution >= 4 is 23.4 Å². The zero-order valence-corrected chi connectivity index (χ0v) is 13.0. The molecule has 0 atom stereocenters. The van der Waals surface area contributed by atoms with E-state index in [9.17, 15) is 4.79 Å². The lowest BCUT2D eigenvalue weighted by Gasteiger charge is -2.30. The number of amides is 1. The van der Waals surface area contributed by atoms with Crippen LogP contribution in [0, 0.1) is 0 Å². The molecule has 1 aliphatic heterocycles. The van der Waals surface area contributed by atoms with Crippen molar-refractivity contribution in [2.75, 3.05) is 42.7 Å². The molecule has 114 valence electrons. The van der Waals surface area contributed by atoms with Crippen molar-refractivity contribution in [2.45, 2.75) is 6.54 Å². The fraction of sp³-hybridized carbons (Fsp3) is 0.438. The summed E-state index contributed by atoms with van der Waals surface area (Å²) in [4.78, 5) is 14.1. The maximum atomic E-state index is 11.8. The summed E-state index contributed by atoms with van der Waals surface area (Å²) in [5, 5.41) is 2.99. The first kappa shape index (κ1) is 15.9. The van der Waals surface area contributed by atoms with Gasteiger partial charge in [-0.3, -0.25) is 4.79 Å². The fourth-order valence-electron chi connectivity index (χ4n) is 2.25. The van der Waals surface area contributed by atoms with Gasteiger partial charge in [-0.15, -0.1) is 18.3 Å². The van der Waals surface area contributed by atoms with Crippen molar-refractivity contribution in [1.29, 1.82) is 0 Å². The second kappa shape index (κ2) is 8.74. The number of thioether (sulfide) groups is 1. The molecule has 0 aromatic heterocycles. The molecule has 4 nitrogen and oxygen atoms in total. The topological polar surface area (TPSA) is 41.6 Å². The van der Waals surface area contributed by atoms with Crippen LogP contribution in [0.15, 0.2) is 36.9 Å². The Hall–Kier alpha value is -1.46. The Morgan fingerprint density at radius 3 is 2.90 bits per heavy atom. The van der Waals surface area contributed by atoms with E-state index < -0.39 is 0 Å². The predicted octanol–water partition coefficient (Wildman–Crippen LogP) is 2.06. The first-order valence-corrected chi connectivity index (χ1v) is 8.32. The molecule has 1 aliphatic rings. The first-order chi connectivity index (χ1) is 10.3. The highest BCUT2D eigenvalue weighted by molar-refractivity contribution is 8.00. The third-order valence-corrected chi connectivity index (χ3v) is 4.23. The van der Waals surface area contributed by atoms with E-state index in [0.717, 1.165) is 37.6 Å². The van der Waals surface area contributed by atoms with Gasteiger partial charge in [-0.25, -0.2) is 0 Å². The van der Waals surface area contributed by atoms with E-state index in [4.69, 9.17) is 4.74 Å². The number of nitrogens with one attached hydrogen (secondary N) is 1. The quantitative estimate of drug-likeness (QED) is 0.618. The van der Waals surface area contributed by atoms with E-state index in [1.165, 1.54) is 5.69 Å². The Kier molecular flexibility index (Phi) is 6.63. The average Bonchev–Trinajstić information content (AvgIpc) is 2.54. The SMILES string of the molecule is C=CCSCC(=O)NCc1ccccc1N1CCOCC1. The Bertz CT molecular complexity index is 473. The van der Waals surface area contributed by atoms with Gasteiger partial charge in [-0.1, -0.05) is 24.3 Å². The smallest absolute Gasteiger partial charge is 0.230 e. The van der Waals surface area contributed by atoms with Gasteiger partial charge in [0, 0.05) is 31.1 Å². The minimum absolute atomic E-state index is 0.0682. The van der Waals surface area contributed by atoms with Crippen molar-refractivity contribution < 1.29 is 9.53 Å². The Morgan fingerprint density at radius 2 is 2.14 bits per heavy atom. The molecule has 0 aliphatic carbocycles. The van der Waals surface area contributed by atoms with Gasteiger partial charge in [0.25, 0.3) is 0 Å². The van der Waals surface area contributed by atoms with E-state index >= 15 is 0 Å². The number of benzene rings is 1. The molecule has 5 heteroatoms. The number of rotatable bonds is 7. The van der Waals surface area contributed by atoms with Gasteiger partial charge in [0.2, 0.25) is 5.91 Å². The summed E-state index contributed by atoms with van der Waals surface area (Å²) in [7, 11) is 0.